The third kappa shape index (κ3) is 2.06. The first-order valence-corrected chi connectivity index (χ1v) is 7.47. The summed E-state index contributed by atoms with van der Waals surface area (Å²) in [6.07, 6.45) is 1.50. The van der Waals surface area contributed by atoms with Gasteiger partial charge in [-0.25, -0.2) is 14.4 Å². The second-order valence-electron chi connectivity index (χ2n) is 4.93. The number of hydrogen-bond donors (Lipinski definition) is 1. The molecule has 3 heterocycles. The number of nitrogens with zero attached hydrogens (tertiary/aromatic N) is 5. The molecule has 1 fully saturated rings. The summed E-state index contributed by atoms with van der Waals surface area (Å²) in [5, 5.41) is 8.34. The van der Waals surface area contributed by atoms with Crippen LogP contribution in [0.4, 0.5) is 10.3 Å². The van der Waals surface area contributed by atoms with E-state index >= 15 is 0 Å². The van der Waals surface area contributed by atoms with Crippen LogP contribution in [0.5, 0.6) is 0 Å². The molecular weight excluding hydrogens is 339 g/mol. The monoisotopic (exact) mass is 350 g/mol. The highest BCUT2D eigenvalue weighted by atomic mass is 79.9. The lowest BCUT2D eigenvalue weighted by Gasteiger charge is -2.28. The van der Waals surface area contributed by atoms with Crippen molar-refractivity contribution >= 4 is 38.4 Å². The molecule has 0 radical (unpaired) electrons. The fraction of sp³-hybridized carbons (Fsp3) is 0.308. The predicted molar refractivity (Wildman–Crippen MR) is 81.0 cm³/mol. The van der Waals surface area contributed by atoms with Crippen molar-refractivity contribution in [2.75, 3.05) is 31.1 Å². The Morgan fingerprint density at radius 2 is 2.05 bits per heavy atom. The standard InChI is InChI=1S/C13H12BrFN6/c14-9-5-8-11(6-10(9)15)19-13(20-3-1-16-2-4-20)21-12(8)17-7-18-21/h5-7,16H,1-4H2. The largest absolute Gasteiger partial charge is 0.338 e. The first-order chi connectivity index (χ1) is 10.2. The van der Waals surface area contributed by atoms with Crippen molar-refractivity contribution in [3.05, 3.63) is 28.7 Å². The molecule has 4 rings (SSSR count). The van der Waals surface area contributed by atoms with E-state index in [9.17, 15) is 4.39 Å². The van der Waals surface area contributed by atoms with Gasteiger partial charge in [-0.15, -0.1) is 0 Å². The zero-order valence-corrected chi connectivity index (χ0v) is 12.6. The van der Waals surface area contributed by atoms with Crippen molar-refractivity contribution < 1.29 is 4.39 Å². The summed E-state index contributed by atoms with van der Waals surface area (Å²) in [5.41, 5.74) is 1.28. The van der Waals surface area contributed by atoms with E-state index in [1.54, 1.807) is 10.6 Å². The van der Waals surface area contributed by atoms with E-state index in [0.29, 0.717) is 21.6 Å². The first kappa shape index (κ1) is 12.9. The van der Waals surface area contributed by atoms with E-state index in [4.69, 9.17) is 0 Å². The number of nitrogens with one attached hydrogen (secondary N) is 1. The number of anilines is 1. The Labute approximate surface area is 128 Å². The number of fused-ring (bicyclic) bond motifs is 3. The molecule has 1 N–H and O–H groups in total. The Hall–Kier alpha value is -1.80. The highest BCUT2D eigenvalue weighted by molar-refractivity contribution is 9.10. The second-order valence-corrected chi connectivity index (χ2v) is 5.78. The minimum Gasteiger partial charge on any atom is -0.338 e. The highest BCUT2D eigenvalue weighted by Gasteiger charge is 2.19. The summed E-state index contributed by atoms with van der Waals surface area (Å²) in [7, 11) is 0. The van der Waals surface area contributed by atoms with Gasteiger partial charge in [0.2, 0.25) is 5.95 Å². The van der Waals surface area contributed by atoms with Crippen LogP contribution in [-0.2, 0) is 0 Å². The first-order valence-electron chi connectivity index (χ1n) is 6.68. The minimum absolute atomic E-state index is 0.329. The van der Waals surface area contributed by atoms with Gasteiger partial charge in [-0.3, -0.25) is 0 Å². The zero-order chi connectivity index (χ0) is 14.4. The Morgan fingerprint density at radius 3 is 2.86 bits per heavy atom. The SMILES string of the molecule is Fc1cc2nc(N3CCNCC3)n3ncnc3c2cc1Br. The van der Waals surface area contributed by atoms with Crippen molar-refractivity contribution in [2.24, 2.45) is 0 Å². The number of halogens is 2. The molecule has 8 heteroatoms. The van der Waals surface area contributed by atoms with Gasteiger partial charge in [0.05, 0.1) is 9.99 Å². The molecule has 1 aliphatic rings. The van der Waals surface area contributed by atoms with Gasteiger partial charge in [-0.05, 0) is 22.0 Å². The van der Waals surface area contributed by atoms with Crippen LogP contribution in [0.25, 0.3) is 16.6 Å². The summed E-state index contributed by atoms with van der Waals surface area (Å²) >= 11 is 3.21. The molecule has 0 unspecified atom stereocenters. The molecule has 0 amide bonds. The Morgan fingerprint density at radius 1 is 1.24 bits per heavy atom. The number of benzene rings is 1. The van der Waals surface area contributed by atoms with Crippen molar-refractivity contribution in [2.45, 2.75) is 0 Å². The van der Waals surface area contributed by atoms with Crippen LogP contribution < -0.4 is 10.2 Å². The van der Waals surface area contributed by atoms with Crippen LogP contribution >= 0.6 is 15.9 Å². The molecule has 1 aliphatic heterocycles. The molecule has 0 saturated carbocycles. The highest BCUT2D eigenvalue weighted by Crippen LogP contribution is 2.27. The third-order valence-corrected chi connectivity index (χ3v) is 4.24. The Balaban J connectivity index is 2.00. The van der Waals surface area contributed by atoms with E-state index in [1.165, 1.54) is 12.4 Å². The summed E-state index contributed by atoms with van der Waals surface area (Å²) < 4.78 is 15.9. The van der Waals surface area contributed by atoms with Gasteiger partial charge in [-0.2, -0.15) is 9.61 Å². The van der Waals surface area contributed by atoms with Crippen LogP contribution in [-0.4, -0.2) is 45.8 Å². The Kier molecular flexibility index (Phi) is 3.00. The van der Waals surface area contributed by atoms with Gasteiger partial charge in [0, 0.05) is 37.6 Å². The number of rotatable bonds is 1. The van der Waals surface area contributed by atoms with E-state index < -0.39 is 0 Å². The van der Waals surface area contributed by atoms with E-state index in [0.717, 1.165) is 31.6 Å². The molecule has 0 bridgehead atoms. The fourth-order valence-electron chi connectivity index (χ4n) is 2.60. The van der Waals surface area contributed by atoms with E-state index in [1.807, 2.05) is 0 Å². The molecule has 0 spiro atoms. The summed E-state index contributed by atoms with van der Waals surface area (Å²) in [6.45, 7) is 3.47. The minimum atomic E-state index is -0.329. The van der Waals surface area contributed by atoms with Gasteiger partial charge >= 0.3 is 0 Å². The lowest BCUT2D eigenvalue weighted by Crippen LogP contribution is -2.44. The number of aromatic nitrogens is 4. The maximum Gasteiger partial charge on any atom is 0.229 e. The van der Waals surface area contributed by atoms with Crippen LogP contribution in [0.3, 0.4) is 0 Å². The maximum absolute atomic E-state index is 13.8. The van der Waals surface area contributed by atoms with Gasteiger partial charge in [0.25, 0.3) is 0 Å². The molecule has 6 nitrogen and oxygen atoms in total. The van der Waals surface area contributed by atoms with Crippen LogP contribution in [0, 0.1) is 5.82 Å². The van der Waals surface area contributed by atoms with Crippen molar-refractivity contribution in [3.8, 4) is 0 Å². The van der Waals surface area contributed by atoms with Crippen molar-refractivity contribution in [1.29, 1.82) is 0 Å². The molecular formula is C13H12BrFN6. The Bertz CT molecular complexity index is 826. The van der Waals surface area contributed by atoms with Gasteiger partial charge < -0.3 is 10.2 Å². The average Bonchev–Trinajstić information content (AvgIpc) is 2.99. The molecule has 1 aromatic carbocycles. The second kappa shape index (κ2) is 4.88. The van der Waals surface area contributed by atoms with Gasteiger partial charge in [0.1, 0.15) is 12.1 Å². The summed E-state index contributed by atoms with van der Waals surface area (Å²) in [6, 6.07) is 3.13. The van der Waals surface area contributed by atoms with Gasteiger partial charge in [-0.1, -0.05) is 0 Å². The van der Waals surface area contributed by atoms with Crippen LogP contribution in [0.1, 0.15) is 0 Å². The molecule has 0 aliphatic carbocycles. The van der Waals surface area contributed by atoms with E-state index in [-0.39, 0.29) is 5.82 Å². The maximum atomic E-state index is 13.8. The fourth-order valence-corrected chi connectivity index (χ4v) is 2.95. The zero-order valence-electron chi connectivity index (χ0n) is 11.1. The summed E-state index contributed by atoms with van der Waals surface area (Å²) in [5.74, 6) is 0.378. The summed E-state index contributed by atoms with van der Waals surface area (Å²) in [4.78, 5) is 11.0. The van der Waals surface area contributed by atoms with Crippen LogP contribution in [0.15, 0.2) is 22.9 Å². The molecule has 3 aromatic rings. The van der Waals surface area contributed by atoms with Crippen molar-refractivity contribution in [3.63, 3.8) is 0 Å². The quantitative estimate of drug-likeness (QED) is 0.722. The lowest BCUT2D eigenvalue weighted by atomic mass is 10.2. The third-order valence-electron chi connectivity index (χ3n) is 3.64. The topological polar surface area (TPSA) is 58.4 Å². The molecule has 0 atom stereocenters. The van der Waals surface area contributed by atoms with Crippen LogP contribution in [0.2, 0.25) is 0 Å². The predicted octanol–water partition coefficient (Wildman–Crippen LogP) is 1.59. The normalized spacial score (nSPS) is 16.0. The molecule has 21 heavy (non-hydrogen) atoms. The number of hydrogen-bond acceptors (Lipinski definition) is 5. The molecule has 2 aromatic heterocycles. The van der Waals surface area contributed by atoms with Gasteiger partial charge in [0.15, 0.2) is 5.65 Å². The average molecular weight is 351 g/mol. The molecule has 108 valence electrons. The van der Waals surface area contributed by atoms with Crippen molar-refractivity contribution in [1.82, 2.24) is 24.9 Å². The molecule has 1 saturated heterocycles. The van der Waals surface area contributed by atoms with E-state index in [2.05, 4.69) is 41.2 Å². The smallest absolute Gasteiger partial charge is 0.229 e. The lowest BCUT2D eigenvalue weighted by molar-refractivity contribution is 0.575. The number of piperazine rings is 1.